The lowest BCUT2D eigenvalue weighted by Gasteiger charge is -2.10. The van der Waals surface area contributed by atoms with Gasteiger partial charge in [-0.25, -0.2) is 0 Å². The van der Waals surface area contributed by atoms with Crippen molar-refractivity contribution >= 4 is 23.3 Å². The molecule has 1 aliphatic rings. The van der Waals surface area contributed by atoms with E-state index >= 15 is 0 Å². The van der Waals surface area contributed by atoms with Crippen LogP contribution in [0.3, 0.4) is 0 Å². The molecule has 0 aliphatic heterocycles. The van der Waals surface area contributed by atoms with Crippen LogP contribution in [-0.4, -0.2) is 23.6 Å². The molecule has 0 saturated heterocycles. The molecule has 2 rings (SSSR count). The number of benzene rings is 1. The molecule has 0 aromatic heterocycles. The van der Waals surface area contributed by atoms with Crippen molar-refractivity contribution in [2.75, 3.05) is 5.32 Å². The quantitative estimate of drug-likeness (QED) is 0.648. The minimum atomic E-state index is -0.331. The topological polar surface area (TPSA) is 75.3 Å². The highest BCUT2D eigenvalue weighted by molar-refractivity contribution is 6.07. The predicted octanol–water partition coefficient (Wildman–Crippen LogP) is 2.83. The van der Waals surface area contributed by atoms with Crippen molar-refractivity contribution < 1.29 is 14.4 Å². The number of carbonyl (C=O) groups is 3. The zero-order valence-electron chi connectivity index (χ0n) is 13.5. The van der Waals surface area contributed by atoms with Crippen LogP contribution >= 0.6 is 0 Å². The Balaban J connectivity index is 1.91. The van der Waals surface area contributed by atoms with E-state index < -0.39 is 0 Å². The van der Waals surface area contributed by atoms with Gasteiger partial charge in [0.05, 0.1) is 0 Å². The number of ketones is 1. The summed E-state index contributed by atoms with van der Waals surface area (Å²) in [5.74, 6) is -0.582. The molecule has 1 saturated carbocycles. The fourth-order valence-electron chi connectivity index (χ4n) is 2.59. The van der Waals surface area contributed by atoms with Gasteiger partial charge in [0.15, 0.2) is 5.78 Å². The molecule has 5 nitrogen and oxygen atoms in total. The van der Waals surface area contributed by atoms with Crippen LogP contribution in [-0.2, 0) is 9.59 Å². The zero-order chi connectivity index (χ0) is 16.8. The number of amides is 2. The van der Waals surface area contributed by atoms with Crippen LogP contribution < -0.4 is 10.6 Å². The highest BCUT2D eigenvalue weighted by atomic mass is 16.2. The van der Waals surface area contributed by atoms with E-state index in [1.807, 2.05) is 0 Å². The van der Waals surface area contributed by atoms with Crippen molar-refractivity contribution in [1.82, 2.24) is 5.32 Å². The molecule has 1 aromatic rings. The maximum absolute atomic E-state index is 12.1. The van der Waals surface area contributed by atoms with Crippen molar-refractivity contribution in [3.8, 4) is 0 Å². The summed E-state index contributed by atoms with van der Waals surface area (Å²) in [7, 11) is 0. The Morgan fingerprint density at radius 2 is 1.65 bits per heavy atom. The minimum Gasteiger partial charge on any atom is -0.350 e. The smallest absolute Gasteiger partial charge is 0.251 e. The van der Waals surface area contributed by atoms with Crippen molar-refractivity contribution in [3.63, 3.8) is 0 Å². The largest absolute Gasteiger partial charge is 0.350 e. The SMILES string of the molecule is CC(=O)c1ccc(NC(=O)/C(C)=C\C(=O)NC2CCCC2)cc1. The molecule has 122 valence electrons. The van der Waals surface area contributed by atoms with Gasteiger partial charge in [0.25, 0.3) is 5.91 Å². The van der Waals surface area contributed by atoms with E-state index in [0.717, 1.165) is 25.7 Å². The van der Waals surface area contributed by atoms with Gasteiger partial charge in [0, 0.05) is 28.9 Å². The lowest BCUT2D eigenvalue weighted by Crippen LogP contribution is -2.31. The van der Waals surface area contributed by atoms with Gasteiger partial charge < -0.3 is 10.6 Å². The molecule has 23 heavy (non-hydrogen) atoms. The first-order valence-electron chi connectivity index (χ1n) is 7.87. The summed E-state index contributed by atoms with van der Waals surface area (Å²) in [5, 5.41) is 5.62. The van der Waals surface area contributed by atoms with Gasteiger partial charge in [0.2, 0.25) is 5.91 Å². The molecule has 0 unspecified atom stereocenters. The van der Waals surface area contributed by atoms with Crippen LogP contribution in [0.15, 0.2) is 35.9 Å². The lowest BCUT2D eigenvalue weighted by atomic mass is 10.1. The normalized spacial score (nSPS) is 15.3. The molecule has 0 bridgehead atoms. The average Bonchev–Trinajstić information content (AvgIpc) is 3.00. The summed E-state index contributed by atoms with van der Waals surface area (Å²) in [4.78, 5) is 35.2. The second-order valence-corrected chi connectivity index (χ2v) is 5.90. The van der Waals surface area contributed by atoms with E-state index in [4.69, 9.17) is 0 Å². The second-order valence-electron chi connectivity index (χ2n) is 5.90. The van der Waals surface area contributed by atoms with Crippen molar-refractivity contribution in [2.45, 2.75) is 45.6 Å². The summed E-state index contributed by atoms with van der Waals surface area (Å²) < 4.78 is 0. The third kappa shape index (κ3) is 5.06. The van der Waals surface area contributed by atoms with E-state index in [9.17, 15) is 14.4 Å². The average molecular weight is 314 g/mol. The maximum atomic E-state index is 12.1. The number of Topliss-reactive ketones (excluding diaryl/α,β-unsaturated/α-hetero) is 1. The second kappa shape index (κ2) is 7.72. The highest BCUT2D eigenvalue weighted by Gasteiger charge is 2.16. The molecule has 0 spiro atoms. The highest BCUT2D eigenvalue weighted by Crippen LogP contribution is 2.17. The summed E-state index contributed by atoms with van der Waals surface area (Å²) in [6.07, 6.45) is 5.63. The Kier molecular flexibility index (Phi) is 5.68. The Bertz CT molecular complexity index is 626. The van der Waals surface area contributed by atoms with E-state index in [2.05, 4.69) is 10.6 Å². The van der Waals surface area contributed by atoms with Gasteiger partial charge >= 0.3 is 0 Å². The molecule has 2 N–H and O–H groups in total. The summed E-state index contributed by atoms with van der Waals surface area (Å²) in [6.45, 7) is 3.09. The summed E-state index contributed by atoms with van der Waals surface area (Å²) in [5.41, 5.74) is 1.52. The van der Waals surface area contributed by atoms with Gasteiger partial charge in [-0.1, -0.05) is 12.8 Å². The predicted molar refractivity (Wildman–Crippen MR) is 89.2 cm³/mol. The number of nitrogens with one attached hydrogen (secondary N) is 2. The molecule has 5 heteroatoms. The van der Waals surface area contributed by atoms with Crippen LogP contribution in [0.2, 0.25) is 0 Å². The molecule has 1 aromatic carbocycles. The molecule has 1 aliphatic carbocycles. The van der Waals surface area contributed by atoms with Gasteiger partial charge in [-0.15, -0.1) is 0 Å². The van der Waals surface area contributed by atoms with Crippen LogP contribution in [0.4, 0.5) is 5.69 Å². The van der Waals surface area contributed by atoms with Gasteiger partial charge in [-0.3, -0.25) is 14.4 Å². The monoisotopic (exact) mass is 314 g/mol. The number of hydrogen-bond acceptors (Lipinski definition) is 3. The first-order valence-corrected chi connectivity index (χ1v) is 7.87. The zero-order valence-corrected chi connectivity index (χ0v) is 13.5. The Morgan fingerprint density at radius 1 is 1.04 bits per heavy atom. The molecule has 0 heterocycles. The summed E-state index contributed by atoms with van der Waals surface area (Å²) >= 11 is 0. The first kappa shape index (κ1) is 16.9. The van der Waals surface area contributed by atoms with Crippen molar-refractivity contribution in [3.05, 3.63) is 41.5 Å². The van der Waals surface area contributed by atoms with E-state index in [1.165, 1.54) is 13.0 Å². The van der Waals surface area contributed by atoms with E-state index in [-0.39, 0.29) is 23.6 Å². The van der Waals surface area contributed by atoms with Gasteiger partial charge in [-0.05, 0) is 51.0 Å². The Labute approximate surface area is 136 Å². The molecular weight excluding hydrogens is 292 g/mol. The Morgan fingerprint density at radius 3 is 2.22 bits per heavy atom. The third-order valence-electron chi connectivity index (χ3n) is 3.96. The van der Waals surface area contributed by atoms with Crippen molar-refractivity contribution in [2.24, 2.45) is 0 Å². The molecule has 2 amide bonds. The van der Waals surface area contributed by atoms with Crippen molar-refractivity contribution in [1.29, 1.82) is 0 Å². The van der Waals surface area contributed by atoms with Gasteiger partial charge in [0.1, 0.15) is 0 Å². The Hall–Kier alpha value is -2.43. The number of carbonyl (C=O) groups excluding carboxylic acids is 3. The number of anilines is 1. The first-order chi connectivity index (χ1) is 11.0. The third-order valence-corrected chi connectivity index (χ3v) is 3.96. The molecular formula is C18H22N2O3. The van der Waals surface area contributed by atoms with Crippen LogP contribution in [0.25, 0.3) is 0 Å². The summed E-state index contributed by atoms with van der Waals surface area (Å²) in [6, 6.07) is 6.88. The standard InChI is InChI=1S/C18H22N2O3/c1-12(11-17(22)19-15-5-3-4-6-15)18(23)20-16-9-7-14(8-10-16)13(2)21/h7-11,15H,3-6H2,1-2H3,(H,19,22)(H,20,23)/b12-11-. The minimum absolute atomic E-state index is 0.0254. The maximum Gasteiger partial charge on any atom is 0.251 e. The van der Waals surface area contributed by atoms with Gasteiger partial charge in [-0.2, -0.15) is 0 Å². The van der Waals surface area contributed by atoms with Crippen LogP contribution in [0.5, 0.6) is 0 Å². The molecule has 0 atom stereocenters. The number of hydrogen-bond donors (Lipinski definition) is 2. The molecule has 0 radical (unpaired) electrons. The fraction of sp³-hybridized carbons (Fsp3) is 0.389. The fourth-order valence-corrected chi connectivity index (χ4v) is 2.59. The van der Waals surface area contributed by atoms with Crippen LogP contribution in [0, 0.1) is 0 Å². The number of rotatable bonds is 5. The molecule has 1 fully saturated rings. The van der Waals surface area contributed by atoms with E-state index in [1.54, 1.807) is 31.2 Å². The van der Waals surface area contributed by atoms with E-state index in [0.29, 0.717) is 16.8 Å². The lowest BCUT2D eigenvalue weighted by molar-refractivity contribution is -0.118. The van der Waals surface area contributed by atoms with Crippen LogP contribution in [0.1, 0.15) is 49.9 Å².